The topological polar surface area (TPSA) is 53.5 Å². The fraction of sp³-hybridized carbons (Fsp3) is 0.261. The molecule has 30 heavy (non-hydrogen) atoms. The Bertz CT molecular complexity index is 1160. The molecular weight excluding hydrogens is 414 g/mol. The van der Waals surface area contributed by atoms with E-state index < -0.39 is 9.84 Å². The van der Waals surface area contributed by atoms with Crippen LogP contribution in [0.1, 0.15) is 18.4 Å². The van der Waals surface area contributed by atoms with Crippen LogP contribution < -0.4 is 9.80 Å². The van der Waals surface area contributed by atoms with Crippen molar-refractivity contribution in [1.82, 2.24) is 4.98 Å². The van der Waals surface area contributed by atoms with Gasteiger partial charge in [0.1, 0.15) is 0 Å². The molecule has 3 aromatic rings. The molecule has 0 atom stereocenters. The Morgan fingerprint density at radius 1 is 0.933 bits per heavy atom. The number of anilines is 2. The van der Waals surface area contributed by atoms with E-state index in [-0.39, 0.29) is 4.90 Å². The summed E-state index contributed by atoms with van der Waals surface area (Å²) < 4.78 is 26.3. The van der Waals surface area contributed by atoms with E-state index in [1.807, 2.05) is 23.9 Å². The van der Waals surface area contributed by atoms with Crippen molar-refractivity contribution in [2.24, 2.45) is 0 Å². The summed E-state index contributed by atoms with van der Waals surface area (Å²) in [6, 6.07) is 17.4. The van der Waals surface area contributed by atoms with Crippen LogP contribution in [0.4, 0.5) is 11.4 Å². The van der Waals surface area contributed by atoms with Gasteiger partial charge in [-0.1, -0.05) is 24.3 Å². The van der Waals surface area contributed by atoms with Crippen molar-refractivity contribution in [2.45, 2.75) is 34.1 Å². The van der Waals surface area contributed by atoms with Crippen molar-refractivity contribution in [3.05, 3.63) is 72.6 Å². The molecule has 5 rings (SSSR count). The van der Waals surface area contributed by atoms with Crippen LogP contribution in [0.5, 0.6) is 0 Å². The Balaban J connectivity index is 1.36. The second-order valence-corrected chi connectivity index (χ2v) is 10.6. The first-order valence-electron chi connectivity index (χ1n) is 10.1. The molecule has 3 heterocycles. The number of para-hydroxylation sites is 1. The largest absolute Gasteiger partial charge is 0.370 e. The molecule has 0 radical (unpaired) electrons. The van der Waals surface area contributed by atoms with Gasteiger partial charge in [0.2, 0.25) is 9.84 Å². The number of hydrogen-bond acceptors (Lipinski definition) is 6. The Morgan fingerprint density at radius 2 is 1.70 bits per heavy atom. The summed E-state index contributed by atoms with van der Waals surface area (Å²) in [5.74, 6) is 0.911. The van der Waals surface area contributed by atoms with Crippen LogP contribution in [0, 0.1) is 0 Å². The van der Waals surface area contributed by atoms with E-state index >= 15 is 0 Å². The monoisotopic (exact) mass is 437 g/mol. The first kappa shape index (κ1) is 19.5. The summed E-state index contributed by atoms with van der Waals surface area (Å²) in [5, 5.41) is 0. The maximum atomic E-state index is 13.1. The quantitative estimate of drug-likeness (QED) is 0.582. The maximum absolute atomic E-state index is 13.1. The first-order chi connectivity index (χ1) is 14.6. The number of thioether (sulfide) groups is 1. The Labute approximate surface area is 181 Å². The van der Waals surface area contributed by atoms with E-state index in [9.17, 15) is 8.42 Å². The molecule has 2 aliphatic rings. The highest BCUT2D eigenvalue weighted by atomic mass is 32.2. The van der Waals surface area contributed by atoms with Gasteiger partial charge in [0.15, 0.2) is 0 Å². The number of fused-ring (bicyclic) bond motifs is 1. The highest BCUT2D eigenvalue weighted by Crippen LogP contribution is 2.38. The third-order valence-electron chi connectivity index (χ3n) is 5.67. The van der Waals surface area contributed by atoms with Crippen molar-refractivity contribution >= 4 is 33.0 Å². The number of rotatable bonds is 5. The van der Waals surface area contributed by atoms with Crippen molar-refractivity contribution < 1.29 is 8.42 Å². The summed E-state index contributed by atoms with van der Waals surface area (Å²) >= 11 is 1.83. The molecule has 1 saturated heterocycles. The summed E-state index contributed by atoms with van der Waals surface area (Å²) in [7, 11) is -3.59. The van der Waals surface area contributed by atoms with Crippen LogP contribution >= 0.6 is 11.8 Å². The lowest BCUT2D eigenvalue weighted by Gasteiger charge is -2.19. The Morgan fingerprint density at radius 3 is 2.50 bits per heavy atom. The van der Waals surface area contributed by atoms with Crippen LogP contribution in [0.25, 0.3) is 0 Å². The van der Waals surface area contributed by atoms with Gasteiger partial charge in [-0.2, -0.15) is 0 Å². The number of sulfone groups is 1. The van der Waals surface area contributed by atoms with Gasteiger partial charge in [-0.3, -0.25) is 4.98 Å². The Hall–Kier alpha value is -2.51. The van der Waals surface area contributed by atoms with Gasteiger partial charge in [-0.25, -0.2) is 8.42 Å². The number of aromatic nitrogens is 1. The van der Waals surface area contributed by atoms with E-state index in [1.165, 1.54) is 16.8 Å². The van der Waals surface area contributed by atoms with Crippen LogP contribution in [-0.2, 0) is 16.4 Å². The van der Waals surface area contributed by atoms with Gasteiger partial charge < -0.3 is 9.80 Å². The smallest absolute Gasteiger partial charge is 0.208 e. The normalized spacial score (nSPS) is 16.1. The summed E-state index contributed by atoms with van der Waals surface area (Å²) in [4.78, 5) is 10.6. The fourth-order valence-electron chi connectivity index (χ4n) is 4.02. The lowest BCUT2D eigenvalue weighted by atomic mass is 10.2. The van der Waals surface area contributed by atoms with Gasteiger partial charge in [-0.05, 0) is 48.7 Å². The third-order valence-corrected chi connectivity index (χ3v) is 8.50. The minimum Gasteiger partial charge on any atom is -0.370 e. The lowest BCUT2D eigenvalue weighted by molar-refractivity contribution is 0.595. The molecule has 2 aliphatic heterocycles. The molecule has 0 unspecified atom stereocenters. The molecule has 1 aromatic heterocycles. The number of nitrogens with zero attached hydrogens (tertiary/aromatic N) is 3. The van der Waals surface area contributed by atoms with E-state index in [1.54, 1.807) is 24.4 Å². The van der Waals surface area contributed by atoms with Gasteiger partial charge >= 0.3 is 0 Å². The molecule has 7 heteroatoms. The predicted octanol–water partition coefficient (Wildman–Crippen LogP) is 4.58. The molecule has 0 spiro atoms. The second kappa shape index (κ2) is 7.96. The SMILES string of the molecule is O=S(=O)(c1ccc(CN2CSc3ccccc32)cc1)c1cncc(N2CCCC2)c1. The molecule has 0 bridgehead atoms. The molecule has 0 N–H and O–H groups in total. The molecule has 2 aromatic carbocycles. The van der Waals surface area contributed by atoms with E-state index in [0.717, 1.165) is 49.6 Å². The fourth-order valence-corrected chi connectivity index (χ4v) is 6.31. The standard InChI is InChI=1S/C23H23N3O2S2/c27-30(28,21-13-19(14-24-15-21)25-11-3-4-12-25)20-9-7-18(8-10-20)16-26-17-29-23-6-2-1-5-22(23)26/h1-2,5-10,13-15H,3-4,11-12,16-17H2. The van der Waals surface area contributed by atoms with Crippen LogP contribution in [0.2, 0.25) is 0 Å². The Kier molecular flexibility index (Phi) is 5.16. The zero-order valence-electron chi connectivity index (χ0n) is 16.6. The molecular formula is C23H23N3O2S2. The summed E-state index contributed by atoms with van der Waals surface area (Å²) in [6.07, 6.45) is 5.47. The summed E-state index contributed by atoms with van der Waals surface area (Å²) in [5.41, 5.74) is 3.22. The molecule has 1 fully saturated rings. The number of hydrogen-bond donors (Lipinski definition) is 0. The van der Waals surface area contributed by atoms with Crippen molar-refractivity contribution in [1.29, 1.82) is 0 Å². The average Bonchev–Trinajstić information content (AvgIpc) is 3.45. The van der Waals surface area contributed by atoms with Gasteiger partial charge in [-0.15, -0.1) is 11.8 Å². The molecule has 154 valence electrons. The minimum absolute atomic E-state index is 0.254. The van der Waals surface area contributed by atoms with Crippen molar-refractivity contribution in [3.8, 4) is 0 Å². The van der Waals surface area contributed by atoms with Crippen LogP contribution in [0.15, 0.2) is 81.7 Å². The van der Waals surface area contributed by atoms with Crippen LogP contribution in [-0.4, -0.2) is 32.4 Å². The van der Waals surface area contributed by atoms with Gasteiger partial charge in [0.25, 0.3) is 0 Å². The highest BCUT2D eigenvalue weighted by molar-refractivity contribution is 7.99. The van der Waals surface area contributed by atoms with Crippen molar-refractivity contribution in [2.75, 3.05) is 28.8 Å². The molecule has 0 aliphatic carbocycles. The van der Waals surface area contributed by atoms with Gasteiger partial charge in [0.05, 0.1) is 33.2 Å². The maximum Gasteiger partial charge on any atom is 0.208 e. The highest BCUT2D eigenvalue weighted by Gasteiger charge is 2.22. The third kappa shape index (κ3) is 3.68. The average molecular weight is 438 g/mol. The zero-order chi connectivity index (χ0) is 20.6. The number of pyridine rings is 1. The zero-order valence-corrected chi connectivity index (χ0v) is 18.2. The van der Waals surface area contributed by atoms with Gasteiger partial charge in [0, 0.05) is 30.7 Å². The lowest BCUT2D eigenvalue weighted by Crippen LogP contribution is -2.18. The number of benzene rings is 2. The minimum atomic E-state index is -3.59. The molecule has 0 saturated carbocycles. The van der Waals surface area contributed by atoms with E-state index in [0.29, 0.717) is 4.90 Å². The first-order valence-corrected chi connectivity index (χ1v) is 12.6. The van der Waals surface area contributed by atoms with Crippen molar-refractivity contribution in [3.63, 3.8) is 0 Å². The predicted molar refractivity (Wildman–Crippen MR) is 121 cm³/mol. The molecule has 5 nitrogen and oxygen atoms in total. The molecule has 0 amide bonds. The van der Waals surface area contributed by atoms with E-state index in [2.05, 4.69) is 39.0 Å². The summed E-state index contributed by atoms with van der Waals surface area (Å²) in [6.45, 7) is 2.67. The van der Waals surface area contributed by atoms with Crippen LogP contribution in [0.3, 0.4) is 0 Å². The van der Waals surface area contributed by atoms with E-state index in [4.69, 9.17) is 0 Å². The second-order valence-electron chi connectivity index (χ2n) is 7.66.